The highest BCUT2D eigenvalue weighted by molar-refractivity contribution is 5.25. The number of hydrogen-bond donors (Lipinski definition) is 2. The molecule has 3 fully saturated rings. The number of nitrogens with two attached hydrogens (primary N) is 1. The molecule has 0 heterocycles. The van der Waals surface area contributed by atoms with Crippen molar-refractivity contribution in [3.05, 3.63) is 11.6 Å². The van der Waals surface area contributed by atoms with Gasteiger partial charge in [-0.25, -0.2) is 0 Å². The van der Waals surface area contributed by atoms with E-state index in [1.54, 1.807) is 5.57 Å². The standard InChI is InChI=1S/C19H31NO/c1-18-9-7-13(21)11-12(18)3-4-14-15-5-6-17(20)19(15,2)10-8-16(14)18/h3,13-17,21H,4-11,20H2,1-2H3/t13-,14-,15-,16-,17+,18+,19+/m1/s1. The lowest BCUT2D eigenvalue weighted by Crippen LogP contribution is -2.52. The van der Waals surface area contributed by atoms with Crippen molar-refractivity contribution >= 4 is 0 Å². The largest absolute Gasteiger partial charge is 0.393 e. The summed E-state index contributed by atoms with van der Waals surface area (Å²) < 4.78 is 0. The number of rotatable bonds is 0. The van der Waals surface area contributed by atoms with Crippen LogP contribution in [0.2, 0.25) is 0 Å². The van der Waals surface area contributed by atoms with Gasteiger partial charge in [-0.15, -0.1) is 0 Å². The van der Waals surface area contributed by atoms with E-state index in [9.17, 15) is 5.11 Å². The number of fused-ring (bicyclic) bond motifs is 5. The van der Waals surface area contributed by atoms with E-state index in [0.29, 0.717) is 16.9 Å². The van der Waals surface area contributed by atoms with Gasteiger partial charge < -0.3 is 10.8 Å². The maximum Gasteiger partial charge on any atom is 0.0577 e. The molecule has 0 aromatic rings. The summed E-state index contributed by atoms with van der Waals surface area (Å²) in [5, 5.41) is 10.0. The molecular formula is C19H31NO. The van der Waals surface area contributed by atoms with Crippen LogP contribution in [-0.4, -0.2) is 17.3 Å². The SMILES string of the molecule is C[C@]12CC[C@@H]3[C@H](CC=C4C[C@H](O)CC[C@@]43C)[C@H]1CC[C@@H]2N. The van der Waals surface area contributed by atoms with Gasteiger partial charge in [-0.2, -0.15) is 0 Å². The summed E-state index contributed by atoms with van der Waals surface area (Å²) in [6, 6.07) is 0.426. The molecule has 2 nitrogen and oxygen atoms in total. The predicted molar refractivity (Wildman–Crippen MR) is 85.7 cm³/mol. The van der Waals surface area contributed by atoms with E-state index < -0.39 is 0 Å². The van der Waals surface area contributed by atoms with Gasteiger partial charge in [0.15, 0.2) is 0 Å². The zero-order chi connectivity index (χ0) is 14.8. The molecule has 0 spiro atoms. The molecule has 21 heavy (non-hydrogen) atoms. The second-order valence-electron chi connectivity index (χ2n) is 8.88. The zero-order valence-corrected chi connectivity index (χ0v) is 13.6. The maximum atomic E-state index is 10.0. The first-order valence-corrected chi connectivity index (χ1v) is 9.08. The van der Waals surface area contributed by atoms with E-state index in [4.69, 9.17) is 5.73 Å². The first kappa shape index (κ1) is 14.3. The molecule has 4 aliphatic rings. The summed E-state index contributed by atoms with van der Waals surface area (Å²) in [5.41, 5.74) is 8.83. The van der Waals surface area contributed by atoms with Crippen molar-refractivity contribution in [1.29, 1.82) is 0 Å². The minimum absolute atomic E-state index is 0.0883. The Labute approximate surface area is 129 Å². The highest BCUT2D eigenvalue weighted by atomic mass is 16.3. The number of aliphatic hydroxyl groups is 1. The van der Waals surface area contributed by atoms with E-state index in [1.165, 1.54) is 38.5 Å². The zero-order valence-electron chi connectivity index (χ0n) is 13.6. The Bertz CT molecular complexity index is 472. The first-order valence-electron chi connectivity index (χ1n) is 9.08. The molecule has 2 heteroatoms. The number of hydrogen-bond acceptors (Lipinski definition) is 2. The van der Waals surface area contributed by atoms with Crippen molar-refractivity contribution in [2.24, 2.45) is 34.3 Å². The highest BCUT2D eigenvalue weighted by Crippen LogP contribution is 2.64. The second kappa shape index (κ2) is 4.58. The van der Waals surface area contributed by atoms with Gasteiger partial charge in [0.1, 0.15) is 0 Å². The molecule has 0 bridgehead atoms. The lowest BCUT2D eigenvalue weighted by Gasteiger charge is -2.57. The van der Waals surface area contributed by atoms with Crippen molar-refractivity contribution in [3.63, 3.8) is 0 Å². The molecule has 4 aliphatic carbocycles. The fraction of sp³-hybridized carbons (Fsp3) is 0.895. The Balaban J connectivity index is 1.68. The number of aliphatic hydroxyl groups excluding tert-OH is 1. The third kappa shape index (κ3) is 1.84. The van der Waals surface area contributed by atoms with Crippen LogP contribution >= 0.6 is 0 Å². The molecule has 118 valence electrons. The fourth-order valence-corrected chi connectivity index (χ4v) is 6.68. The van der Waals surface area contributed by atoms with Crippen LogP contribution in [0.4, 0.5) is 0 Å². The third-order valence-electron chi connectivity index (χ3n) is 8.15. The summed E-state index contributed by atoms with van der Waals surface area (Å²) in [4.78, 5) is 0. The van der Waals surface area contributed by atoms with Crippen molar-refractivity contribution in [2.45, 2.75) is 77.4 Å². The molecule has 0 unspecified atom stereocenters. The Morgan fingerprint density at radius 1 is 1.10 bits per heavy atom. The van der Waals surface area contributed by atoms with Crippen LogP contribution < -0.4 is 5.73 Å². The minimum atomic E-state index is -0.0883. The van der Waals surface area contributed by atoms with Crippen molar-refractivity contribution in [1.82, 2.24) is 0 Å². The van der Waals surface area contributed by atoms with Crippen molar-refractivity contribution < 1.29 is 5.11 Å². The van der Waals surface area contributed by atoms with Crippen LogP contribution in [0, 0.1) is 28.6 Å². The molecule has 0 aromatic carbocycles. The lowest BCUT2D eigenvalue weighted by molar-refractivity contribution is -0.0401. The van der Waals surface area contributed by atoms with Gasteiger partial charge in [-0.1, -0.05) is 25.5 Å². The average molecular weight is 289 g/mol. The molecule has 3 saturated carbocycles. The molecule has 0 saturated heterocycles. The van der Waals surface area contributed by atoms with E-state index in [1.807, 2.05) is 0 Å². The van der Waals surface area contributed by atoms with Crippen LogP contribution in [0.25, 0.3) is 0 Å². The molecule has 0 radical (unpaired) electrons. The molecule has 7 atom stereocenters. The fourth-order valence-electron chi connectivity index (χ4n) is 6.68. The van der Waals surface area contributed by atoms with Gasteiger partial charge in [0, 0.05) is 6.04 Å². The van der Waals surface area contributed by atoms with E-state index in [-0.39, 0.29) is 6.10 Å². The van der Waals surface area contributed by atoms with Gasteiger partial charge >= 0.3 is 0 Å². The molecule has 4 rings (SSSR count). The van der Waals surface area contributed by atoms with Crippen LogP contribution in [-0.2, 0) is 0 Å². The van der Waals surface area contributed by atoms with Crippen LogP contribution in [0.5, 0.6) is 0 Å². The molecule has 0 aromatic heterocycles. The van der Waals surface area contributed by atoms with E-state index in [2.05, 4.69) is 19.9 Å². The number of allylic oxidation sites excluding steroid dienone is 1. The Kier molecular flexibility index (Phi) is 3.11. The van der Waals surface area contributed by atoms with Crippen LogP contribution in [0.3, 0.4) is 0 Å². The monoisotopic (exact) mass is 289 g/mol. The predicted octanol–water partition coefficient (Wildman–Crippen LogP) is 3.64. The quantitative estimate of drug-likeness (QED) is 0.669. The Hall–Kier alpha value is -0.340. The topological polar surface area (TPSA) is 46.2 Å². The van der Waals surface area contributed by atoms with E-state index in [0.717, 1.165) is 30.6 Å². The van der Waals surface area contributed by atoms with Crippen molar-refractivity contribution in [3.8, 4) is 0 Å². The summed E-state index contributed by atoms with van der Waals surface area (Å²) in [6.45, 7) is 4.97. The average Bonchev–Trinajstić information content (AvgIpc) is 2.76. The van der Waals surface area contributed by atoms with Crippen molar-refractivity contribution in [2.75, 3.05) is 0 Å². The van der Waals surface area contributed by atoms with Crippen LogP contribution in [0.15, 0.2) is 11.6 Å². The normalized spacial score (nSPS) is 56.2. The van der Waals surface area contributed by atoms with Gasteiger partial charge in [0.05, 0.1) is 6.10 Å². The first-order chi connectivity index (χ1) is 9.95. The summed E-state index contributed by atoms with van der Waals surface area (Å²) in [7, 11) is 0. The molecular weight excluding hydrogens is 258 g/mol. The minimum Gasteiger partial charge on any atom is -0.393 e. The maximum absolute atomic E-state index is 10.0. The second-order valence-corrected chi connectivity index (χ2v) is 8.88. The molecule has 3 N–H and O–H groups in total. The Morgan fingerprint density at radius 2 is 1.90 bits per heavy atom. The third-order valence-corrected chi connectivity index (χ3v) is 8.15. The van der Waals surface area contributed by atoms with E-state index >= 15 is 0 Å². The summed E-state index contributed by atoms with van der Waals surface area (Å²) in [5.74, 6) is 2.53. The van der Waals surface area contributed by atoms with Gasteiger partial charge in [-0.3, -0.25) is 0 Å². The van der Waals surface area contributed by atoms with Gasteiger partial charge in [-0.05, 0) is 80.0 Å². The molecule has 0 amide bonds. The summed E-state index contributed by atoms with van der Waals surface area (Å²) >= 11 is 0. The molecule has 0 aliphatic heterocycles. The van der Waals surface area contributed by atoms with Crippen LogP contribution in [0.1, 0.15) is 65.2 Å². The van der Waals surface area contributed by atoms with Gasteiger partial charge in [0.2, 0.25) is 0 Å². The van der Waals surface area contributed by atoms with Gasteiger partial charge in [0.25, 0.3) is 0 Å². The highest BCUT2D eigenvalue weighted by Gasteiger charge is 2.57. The lowest BCUT2D eigenvalue weighted by atomic mass is 9.48. The Morgan fingerprint density at radius 3 is 2.71 bits per heavy atom. The summed E-state index contributed by atoms with van der Waals surface area (Å²) in [6.07, 6.45) is 12.1. The smallest absolute Gasteiger partial charge is 0.0577 e.